The Hall–Kier alpha value is -2.69. The number of carbonyl (C=O) groups is 3. The van der Waals surface area contributed by atoms with E-state index in [2.05, 4.69) is 4.98 Å². The van der Waals surface area contributed by atoms with Crippen LogP contribution in [0.5, 0.6) is 0 Å². The van der Waals surface area contributed by atoms with Crippen LogP contribution in [0.15, 0.2) is 30.3 Å². The van der Waals surface area contributed by atoms with Crippen molar-refractivity contribution in [3.8, 4) is 0 Å². The number of hydrogen-bond acceptors (Lipinski definition) is 4. The Morgan fingerprint density at radius 3 is 2.32 bits per heavy atom. The molecule has 132 valence electrons. The number of hydrogen-bond donors (Lipinski definition) is 1. The van der Waals surface area contributed by atoms with Crippen LogP contribution in [0.2, 0.25) is 0 Å². The van der Waals surface area contributed by atoms with E-state index in [1.807, 2.05) is 30.3 Å². The summed E-state index contributed by atoms with van der Waals surface area (Å²) in [4.78, 5) is 39.2. The molecule has 0 aliphatic carbocycles. The van der Waals surface area contributed by atoms with Crippen LogP contribution < -0.4 is 0 Å². The van der Waals surface area contributed by atoms with Crippen molar-refractivity contribution >= 4 is 17.5 Å². The third-order valence-electron chi connectivity index (χ3n) is 4.17. The summed E-state index contributed by atoms with van der Waals surface area (Å²) in [5.41, 5.74) is 3.13. The summed E-state index contributed by atoms with van der Waals surface area (Å²) in [6.07, 6.45) is -0.126. The number of aromatic nitrogens is 1. The molecule has 5 heteroatoms. The third kappa shape index (κ3) is 4.44. The summed E-state index contributed by atoms with van der Waals surface area (Å²) in [6.45, 7) is 6.48. The minimum atomic E-state index is -0.903. The number of ketones is 2. The van der Waals surface area contributed by atoms with Crippen molar-refractivity contribution in [1.82, 2.24) is 4.98 Å². The van der Waals surface area contributed by atoms with Crippen molar-refractivity contribution in [3.05, 3.63) is 58.4 Å². The third-order valence-corrected chi connectivity index (χ3v) is 4.17. The predicted octanol–water partition coefficient (Wildman–Crippen LogP) is 3.58. The summed E-state index contributed by atoms with van der Waals surface area (Å²) in [6, 6.07) is 9.62. The number of esters is 1. The Balaban J connectivity index is 1.99. The van der Waals surface area contributed by atoms with Crippen LogP contribution in [0.4, 0.5) is 0 Å². The number of rotatable bonds is 7. The van der Waals surface area contributed by atoms with Gasteiger partial charge in [0.2, 0.25) is 5.78 Å². The van der Waals surface area contributed by atoms with Gasteiger partial charge in [-0.05, 0) is 45.2 Å². The van der Waals surface area contributed by atoms with Crippen LogP contribution in [0, 0.1) is 13.8 Å². The number of nitrogens with one attached hydrogen (secondary N) is 1. The van der Waals surface area contributed by atoms with Crippen molar-refractivity contribution < 1.29 is 19.1 Å². The lowest BCUT2D eigenvalue weighted by Crippen LogP contribution is -2.25. The molecule has 0 saturated carbocycles. The minimum Gasteiger partial charge on any atom is -0.454 e. The fourth-order valence-electron chi connectivity index (χ4n) is 2.93. The molecule has 0 aliphatic rings. The van der Waals surface area contributed by atoms with Crippen LogP contribution in [-0.2, 0) is 16.0 Å². The number of ether oxygens (including phenoxy) is 1. The average molecular weight is 341 g/mol. The molecule has 0 amide bonds. The van der Waals surface area contributed by atoms with Gasteiger partial charge in [0.05, 0.1) is 5.69 Å². The first kappa shape index (κ1) is 18.6. The van der Waals surface area contributed by atoms with Crippen molar-refractivity contribution in [2.24, 2.45) is 0 Å². The molecule has 0 radical (unpaired) electrons. The molecule has 5 nitrogen and oxygen atoms in total. The summed E-state index contributed by atoms with van der Waals surface area (Å²) in [5, 5.41) is 0. The second-order valence-electron chi connectivity index (χ2n) is 6.16. The normalized spacial score (nSPS) is 11.8. The van der Waals surface area contributed by atoms with Gasteiger partial charge in [-0.15, -0.1) is 0 Å². The van der Waals surface area contributed by atoms with Crippen molar-refractivity contribution in [2.45, 2.75) is 46.6 Å². The first-order valence-electron chi connectivity index (χ1n) is 8.29. The van der Waals surface area contributed by atoms with E-state index in [-0.39, 0.29) is 18.0 Å². The Morgan fingerprint density at radius 2 is 1.76 bits per heavy atom. The van der Waals surface area contributed by atoms with Crippen LogP contribution in [0.25, 0.3) is 0 Å². The molecule has 1 N–H and O–H groups in total. The van der Waals surface area contributed by atoms with Crippen LogP contribution >= 0.6 is 0 Å². The zero-order valence-electron chi connectivity index (χ0n) is 15.0. The molecular weight excluding hydrogens is 318 g/mol. The fourth-order valence-corrected chi connectivity index (χ4v) is 2.93. The molecular formula is C20H23NO4. The zero-order chi connectivity index (χ0) is 18.6. The fraction of sp³-hybridized carbons (Fsp3) is 0.350. The second-order valence-corrected chi connectivity index (χ2v) is 6.16. The lowest BCUT2D eigenvalue weighted by Gasteiger charge is -2.12. The van der Waals surface area contributed by atoms with Crippen LogP contribution in [0.1, 0.15) is 57.9 Å². The van der Waals surface area contributed by atoms with Crippen molar-refractivity contribution in [2.75, 3.05) is 0 Å². The molecule has 0 aliphatic heterocycles. The topological polar surface area (TPSA) is 76.2 Å². The van der Waals surface area contributed by atoms with E-state index in [1.165, 1.54) is 6.92 Å². The number of Topliss-reactive ketones (excluding diaryl/α,β-unsaturated/α-hetero) is 2. The summed E-state index contributed by atoms with van der Waals surface area (Å²) < 4.78 is 5.26. The van der Waals surface area contributed by atoms with Gasteiger partial charge in [0, 0.05) is 17.7 Å². The molecule has 25 heavy (non-hydrogen) atoms. The summed E-state index contributed by atoms with van der Waals surface area (Å²) in [5.74, 6) is -0.851. The van der Waals surface area contributed by atoms with Gasteiger partial charge in [-0.2, -0.15) is 0 Å². The highest BCUT2D eigenvalue weighted by Gasteiger charge is 2.25. The first-order chi connectivity index (χ1) is 11.8. The molecule has 1 aromatic carbocycles. The molecule has 2 aromatic rings. The van der Waals surface area contributed by atoms with Gasteiger partial charge in [-0.25, -0.2) is 0 Å². The monoisotopic (exact) mass is 341 g/mol. The average Bonchev–Trinajstić information content (AvgIpc) is 2.87. The molecule has 1 atom stereocenters. The predicted molar refractivity (Wildman–Crippen MR) is 94.9 cm³/mol. The van der Waals surface area contributed by atoms with Gasteiger partial charge in [0.15, 0.2) is 11.9 Å². The molecule has 0 bridgehead atoms. The van der Waals surface area contributed by atoms with E-state index in [0.29, 0.717) is 28.9 Å². The SMILES string of the molecule is CC(=O)c1c(C)[nH]c(C(=O)[C@H](C)OC(=O)CCc2ccccc2)c1C. The zero-order valence-corrected chi connectivity index (χ0v) is 15.0. The Labute approximate surface area is 147 Å². The number of aromatic amines is 1. The number of aryl methyl sites for hydroxylation is 2. The van der Waals surface area contributed by atoms with Gasteiger partial charge in [-0.1, -0.05) is 30.3 Å². The van der Waals surface area contributed by atoms with Gasteiger partial charge in [-0.3, -0.25) is 14.4 Å². The smallest absolute Gasteiger partial charge is 0.306 e. The Kier molecular flexibility index (Phi) is 5.91. The lowest BCUT2D eigenvalue weighted by molar-refractivity contribution is -0.146. The van der Waals surface area contributed by atoms with E-state index in [9.17, 15) is 14.4 Å². The highest BCUT2D eigenvalue weighted by molar-refractivity contribution is 6.05. The van der Waals surface area contributed by atoms with Gasteiger partial charge < -0.3 is 9.72 Å². The number of carbonyl (C=O) groups excluding carboxylic acids is 3. The largest absolute Gasteiger partial charge is 0.454 e. The molecule has 0 saturated heterocycles. The van der Waals surface area contributed by atoms with E-state index >= 15 is 0 Å². The minimum absolute atomic E-state index is 0.0993. The van der Waals surface area contributed by atoms with Crippen LogP contribution in [0.3, 0.4) is 0 Å². The van der Waals surface area contributed by atoms with Gasteiger partial charge in [0.1, 0.15) is 0 Å². The van der Waals surface area contributed by atoms with Crippen LogP contribution in [-0.4, -0.2) is 28.6 Å². The molecule has 2 rings (SSSR count). The quantitative estimate of drug-likeness (QED) is 0.617. The Morgan fingerprint density at radius 1 is 1.12 bits per heavy atom. The van der Waals surface area contributed by atoms with Crippen molar-refractivity contribution in [1.29, 1.82) is 0 Å². The maximum Gasteiger partial charge on any atom is 0.306 e. The Bertz CT molecular complexity index is 790. The molecule has 0 spiro atoms. The highest BCUT2D eigenvalue weighted by atomic mass is 16.5. The maximum absolute atomic E-state index is 12.5. The van der Waals surface area contributed by atoms with E-state index < -0.39 is 12.1 Å². The van der Waals surface area contributed by atoms with E-state index in [4.69, 9.17) is 4.74 Å². The van der Waals surface area contributed by atoms with Crippen molar-refractivity contribution in [3.63, 3.8) is 0 Å². The first-order valence-corrected chi connectivity index (χ1v) is 8.29. The summed E-state index contributed by atoms with van der Waals surface area (Å²) >= 11 is 0. The molecule has 1 heterocycles. The van der Waals surface area contributed by atoms with E-state index in [1.54, 1.807) is 20.8 Å². The second kappa shape index (κ2) is 7.92. The molecule has 1 aromatic heterocycles. The highest BCUT2D eigenvalue weighted by Crippen LogP contribution is 2.20. The number of H-pyrrole nitrogens is 1. The van der Waals surface area contributed by atoms with E-state index in [0.717, 1.165) is 5.56 Å². The maximum atomic E-state index is 12.5. The lowest BCUT2D eigenvalue weighted by atomic mass is 10.0. The molecule has 0 fully saturated rings. The number of benzene rings is 1. The standard InChI is InChI=1S/C20H23NO4/c1-12-18(14(3)22)13(2)21-19(12)20(24)15(4)25-17(23)11-10-16-8-6-5-7-9-16/h5-9,15,21H,10-11H2,1-4H3/t15-/m0/s1. The van der Waals surface area contributed by atoms with Gasteiger partial charge >= 0.3 is 5.97 Å². The summed E-state index contributed by atoms with van der Waals surface area (Å²) in [7, 11) is 0. The van der Waals surface area contributed by atoms with Gasteiger partial charge in [0.25, 0.3) is 0 Å². The molecule has 0 unspecified atom stereocenters.